The lowest BCUT2D eigenvalue weighted by atomic mass is 9.78. The second kappa shape index (κ2) is 8.78. The monoisotopic (exact) mass is 607 g/mol. The van der Waals surface area contributed by atoms with Gasteiger partial charge >= 0.3 is 0 Å². The van der Waals surface area contributed by atoms with Crippen molar-refractivity contribution in [2.45, 2.75) is 18.4 Å². The van der Waals surface area contributed by atoms with E-state index in [-0.39, 0.29) is 76.9 Å². The van der Waals surface area contributed by atoms with Crippen molar-refractivity contribution in [2.75, 3.05) is 9.80 Å². The number of imide groups is 2. The fraction of sp³-hybridized carbons (Fsp3) is 0.289. The second-order valence-corrected chi connectivity index (χ2v) is 13.9. The molecular weight excluding hydrogens is 578 g/mol. The van der Waals surface area contributed by atoms with E-state index in [4.69, 9.17) is 0 Å². The Labute approximate surface area is 264 Å². The summed E-state index contributed by atoms with van der Waals surface area (Å²) in [5.41, 5.74) is 2.82. The number of hydrogen-bond acceptors (Lipinski definition) is 5. The summed E-state index contributed by atoms with van der Waals surface area (Å²) in [5, 5.41) is 3.23. The first-order valence-electron chi connectivity index (χ1n) is 16.1. The van der Waals surface area contributed by atoms with Crippen LogP contribution in [0, 0.1) is 47.3 Å². The molecule has 5 amide bonds. The van der Waals surface area contributed by atoms with Crippen LogP contribution in [0.15, 0.2) is 97.1 Å². The first kappa shape index (κ1) is 26.1. The summed E-state index contributed by atoms with van der Waals surface area (Å²) in [5.74, 6) is -1.38. The SMILES string of the molecule is O=C1NC(c2ccc(N3C(=O)[C@H]4[C@H](C3=O)[C@H]3C=C[C@H]4C3)cc2)(c2ccc(N3C(=O)[C@H]4[C@H](C3=O)[C@H]3C=C[C@H]4C3)cc2)c2ccccc21. The zero-order chi connectivity index (χ0) is 31.1. The van der Waals surface area contributed by atoms with Gasteiger partial charge < -0.3 is 5.32 Å². The number of carbonyl (C=O) groups is 5. The molecule has 226 valence electrons. The maximum Gasteiger partial charge on any atom is 0.252 e. The van der Waals surface area contributed by atoms with Gasteiger partial charge in [-0.3, -0.25) is 33.8 Å². The van der Waals surface area contributed by atoms with Crippen LogP contribution in [-0.2, 0) is 24.7 Å². The minimum absolute atomic E-state index is 0.129. The molecule has 1 N–H and O–H groups in total. The molecule has 0 radical (unpaired) electrons. The maximum atomic E-state index is 13.5. The lowest BCUT2D eigenvalue weighted by Gasteiger charge is -2.33. The van der Waals surface area contributed by atoms with Crippen LogP contribution in [0.5, 0.6) is 0 Å². The van der Waals surface area contributed by atoms with Crippen molar-refractivity contribution in [1.82, 2.24) is 5.32 Å². The number of nitrogens with zero attached hydrogens (tertiary/aromatic N) is 2. The van der Waals surface area contributed by atoms with Crippen molar-refractivity contribution < 1.29 is 24.0 Å². The highest BCUT2D eigenvalue weighted by Gasteiger charge is 2.61. The standard InChI is InChI=1S/C38H29N3O5/c42-33-27-3-1-2-4-28(27)38(39-33,23-9-13-25(14-10-23)40-34(43)29-19-5-6-20(17-19)30(29)35(40)44)24-11-15-26(16-12-24)41-36(45)31-21-7-8-22(18-21)32(31)37(41)46/h1-16,19-22,29-32H,17-18H2,(H,39,42)/t19-,20-,21-,22-,29+,30+,31+,32+/m0/s1. The number of amides is 5. The van der Waals surface area contributed by atoms with Gasteiger partial charge in [-0.2, -0.15) is 0 Å². The number of nitrogens with one attached hydrogen (secondary N) is 1. The Hall–Kier alpha value is -5.11. The number of anilines is 2. The van der Waals surface area contributed by atoms with Crippen LogP contribution in [0.3, 0.4) is 0 Å². The van der Waals surface area contributed by atoms with E-state index in [1.807, 2.05) is 42.5 Å². The first-order valence-corrected chi connectivity index (χ1v) is 16.1. The van der Waals surface area contributed by atoms with Crippen molar-refractivity contribution >= 4 is 40.9 Å². The van der Waals surface area contributed by atoms with Gasteiger partial charge in [0.25, 0.3) is 5.91 Å². The lowest BCUT2D eigenvalue weighted by Crippen LogP contribution is -2.41. The van der Waals surface area contributed by atoms with Gasteiger partial charge in [0.15, 0.2) is 0 Å². The molecule has 0 aromatic heterocycles. The lowest BCUT2D eigenvalue weighted by molar-refractivity contribution is -0.124. The van der Waals surface area contributed by atoms with E-state index in [2.05, 4.69) is 29.6 Å². The number of hydrogen-bond donors (Lipinski definition) is 1. The number of benzene rings is 3. The number of allylic oxidation sites excluding steroid dienone is 4. The minimum atomic E-state index is -1.07. The van der Waals surface area contributed by atoms with Crippen LogP contribution >= 0.6 is 0 Å². The first-order chi connectivity index (χ1) is 22.4. The van der Waals surface area contributed by atoms with Crippen molar-refractivity contribution in [3.63, 3.8) is 0 Å². The highest BCUT2D eigenvalue weighted by molar-refractivity contribution is 6.23. The van der Waals surface area contributed by atoms with E-state index < -0.39 is 5.54 Å². The smallest absolute Gasteiger partial charge is 0.252 e. The van der Waals surface area contributed by atoms with Crippen molar-refractivity contribution in [3.8, 4) is 0 Å². The van der Waals surface area contributed by atoms with Gasteiger partial charge in [-0.25, -0.2) is 0 Å². The Morgan fingerprint density at radius 1 is 0.522 bits per heavy atom. The molecule has 4 fully saturated rings. The number of fused-ring (bicyclic) bond motifs is 11. The van der Waals surface area contributed by atoms with Crippen molar-refractivity contribution in [1.29, 1.82) is 0 Å². The van der Waals surface area contributed by atoms with Gasteiger partial charge in [-0.15, -0.1) is 0 Å². The zero-order valence-electron chi connectivity index (χ0n) is 24.7. The van der Waals surface area contributed by atoms with Gasteiger partial charge in [-0.1, -0.05) is 66.8 Å². The van der Waals surface area contributed by atoms with E-state index in [0.717, 1.165) is 29.5 Å². The van der Waals surface area contributed by atoms with Crippen LogP contribution in [0.2, 0.25) is 0 Å². The Bertz CT molecular complexity index is 1820. The van der Waals surface area contributed by atoms with Crippen molar-refractivity contribution in [2.24, 2.45) is 47.3 Å². The molecule has 46 heavy (non-hydrogen) atoms. The summed E-state index contributed by atoms with van der Waals surface area (Å²) in [6, 6.07) is 22.0. The van der Waals surface area contributed by atoms with E-state index >= 15 is 0 Å². The van der Waals surface area contributed by atoms with Crippen molar-refractivity contribution in [3.05, 3.63) is 119 Å². The van der Waals surface area contributed by atoms with Crippen LogP contribution in [0.4, 0.5) is 11.4 Å². The molecule has 2 saturated heterocycles. The third kappa shape index (κ3) is 3.07. The fourth-order valence-electron chi connectivity index (χ4n) is 9.97. The molecule has 8 atom stereocenters. The molecule has 10 rings (SSSR count). The molecule has 3 aliphatic heterocycles. The minimum Gasteiger partial charge on any atom is -0.334 e. The Balaban J connectivity index is 1.02. The predicted molar refractivity (Wildman–Crippen MR) is 167 cm³/mol. The third-order valence-corrected chi connectivity index (χ3v) is 11.9. The van der Waals surface area contributed by atoms with Crippen LogP contribution in [0.25, 0.3) is 0 Å². The Morgan fingerprint density at radius 2 is 0.913 bits per heavy atom. The molecular formula is C38H29N3O5. The molecule has 8 heteroatoms. The van der Waals surface area contributed by atoms with E-state index in [9.17, 15) is 24.0 Å². The molecule has 4 bridgehead atoms. The van der Waals surface area contributed by atoms with Gasteiger partial charge in [-0.05, 0) is 83.5 Å². The highest BCUT2D eigenvalue weighted by atomic mass is 16.2. The predicted octanol–water partition coefficient (Wildman–Crippen LogP) is 4.34. The zero-order valence-corrected chi connectivity index (χ0v) is 24.7. The summed E-state index contributed by atoms with van der Waals surface area (Å²) < 4.78 is 0. The quantitative estimate of drug-likeness (QED) is 0.351. The molecule has 4 aliphatic carbocycles. The van der Waals surface area contributed by atoms with E-state index in [1.165, 1.54) is 9.80 Å². The van der Waals surface area contributed by atoms with E-state index in [0.29, 0.717) is 16.9 Å². The largest absolute Gasteiger partial charge is 0.334 e. The normalized spacial score (nSPS) is 33.8. The Kier molecular flexibility index (Phi) is 4.99. The van der Waals surface area contributed by atoms with Crippen LogP contribution in [0.1, 0.15) is 39.9 Å². The second-order valence-electron chi connectivity index (χ2n) is 13.9. The molecule has 8 nitrogen and oxygen atoms in total. The molecule has 0 unspecified atom stereocenters. The highest BCUT2D eigenvalue weighted by Crippen LogP contribution is 2.55. The van der Waals surface area contributed by atoms with Gasteiger partial charge in [0.2, 0.25) is 23.6 Å². The fourth-order valence-corrected chi connectivity index (χ4v) is 9.97. The molecule has 7 aliphatic rings. The number of rotatable bonds is 4. The van der Waals surface area contributed by atoms with Crippen LogP contribution in [-0.4, -0.2) is 29.5 Å². The summed E-state index contributed by atoms with van der Waals surface area (Å²) in [4.78, 5) is 70.0. The topological polar surface area (TPSA) is 104 Å². The summed E-state index contributed by atoms with van der Waals surface area (Å²) in [6.45, 7) is 0. The molecule has 3 heterocycles. The Morgan fingerprint density at radius 3 is 1.33 bits per heavy atom. The molecule has 3 aromatic rings. The van der Waals surface area contributed by atoms with Crippen LogP contribution < -0.4 is 15.1 Å². The van der Waals surface area contributed by atoms with Gasteiger partial charge in [0.05, 0.1) is 35.0 Å². The summed E-state index contributed by atoms with van der Waals surface area (Å²) in [7, 11) is 0. The third-order valence-electron chi connectivity index (χ3n) is 11.9. The van der Waals surface area contributed by atoms with E-state index in [1.54, 1.807) is 30.3 Å². The maximum absolute atomic E-state index is 13.5. The van der Waals surface area contributed by atoms with Gasteiger partial charge in [0.1, 0.15) is 5.54 Å². The molecule has 2 saturated carbocycles. The molecule has 3 aromatic carbocycles. The number of carbonyl (C=O) groups excluding carboxylic acids is 5. The molecule has 0 spiro atoms. The summed E-state index contributed by atoms with van der Waals surface area (Å²) in [6.07, 6.45) is 10.1. The average molecular weight is 608 g/mol. The average Bonchev–Trinajstić information content (AvgIpc) is 3.94. The summed E-state index contributed by atoms with van der Waals surface area (Å²) >= 11 is 0. The van der Waals surface area contributed by atoms with Gasteiger partial charge in [0, 0.05) is 5.56 Å².